The summed E-state index contributed by atoms with van der Waals surface area (Å²) in [7, 11) is 1.33. The lowest BCUT2D eigenvalue weighted by molar-refractivity contribution is -0.141. The Morgan fingerprint density at radius 1 is 1.47 bits per heavy atom. The fourth-order valence-electron chi connectivity index (χ4n) is 1.63. The van der Waals surface area contributed by atoms with E-state index >= 15 is 0 Å². The molecule has 1 amide bonds. The van der Waals surface area contributed by atoms with Crippen LogP contribution in [0.2, 0.25) is 0 Å². The van der Waals surface area contributed by atoms with E-state index in [9.17, 15) is 9.59 Å². The predicted molar refractivity (Wildman–Crippen MR) is 72.8 cm³/mol. The molecule has 0 aliphatic heterocycles. The molecule has 0 spiro atoms. The summed E-state index contributed by atoms with van der Waals surface area (Å²) in [5.74, 6) is -0.468. The quantitative estimate of drug-likeness (QED) is 0.562. The van der Waals surface area contributed by atoms with Gasteiger partial charge >= 0.3 is 5.97 Å². The largest absolute Gasteiger partial charge is 0.469 e. The second-order valence-electron chi connectivity index (χ2n) is 4.10. The molecule has 0 aromatic carbocycles. The van der Waals surface area contributed by atoms with Crippen LogP contribution in [0.5, 0.6) is 0 Å². The van der Waals surface area contributed by atoms with Gasteiger partial charge in [0.25, 0.3) is 0 Å². The molecule has 1 heterocycles. The summed E-state index contributed by atoms with van der Waals surface area (Å²) in [5.41, 5.74) is 0. The summed E-state index contributed by atoms with van der Waals surface area (Å²) in [6.07, 6.45) is 1.72. The fraction of sp³-hybridized carbons (Fsp3) is 0.538. The molecule has 0 bridgehead atoms. The summed E-state index contributed by atoms with van der Waals surface area (Å²) in [5, 5.41) is 13.4. The van der Waals surface area contributed by atoms with E-state index in [0.717, 1.165) is 4.88 Å². The van der Waals surface area contributed by atoms with Crippen LogP contribution < -0.4 is 5.32 Å². The van der Waals surface area contributed by atoms with Gasteiger partial charge in [0.15, 0.2) is 0 Å². The van der Waals surface area contributed by atoms with Crippen molar-refractivity contribution in [2.24, 2.45) is 0 Å². The Kier molecular flexibility index (Phi) is 7.14. The monoisotopic (exact) mass is 285 g/mol. The minimum Gasteiger partial charge on any atom is -0.469 e. The highest BCUT2D eigenvalue weighted by Crippen LogP contribution is 2.22. The van der Waals surface area contributed by atoms with E-state index in [2.05, 4.69) is 10.1 Å². The number of carbonyl (C=O) groups is 2. The van der Waals surface area contributed by atoms with Crippen LogP contribution in [0.3, 0.4) is 0 Å². The van der Waals surface area contributed by atoms with Gasteiger partial charge in [0, 0.05) is 17.9 Å². The number of amides is 1. The van der Waals surface area contributed by atoms with Crippen LogP contribution in [0.25, 0.3) is 0 Å². The number of unbranched alkanes of at least 4 members (excludes halogenated alkanes) is 1. The predicted octanol–water partition coefficient (Wildman–Crippen LogP) is 1.63. The van der Waals surface area contributed by atoms with E-state index < -0.39 is 0 Å². The maximum atomic E-state index is 11.8. The van der Waals surface area contributed by atoms with Crippen LogP contribution >= 0.6 is 11.3 Å². The van der Waals surface area contributed by atoms with Gasteiger partial charge in [-0.15, -0.1) is 11.3 Å². The molecular formula is C13H19NO4S. The van der Waals surface area contributed by atoms with Crippen LogP contribution in [0, 0.1) is 0 Å². The topological polar surface area (TPSA) is 75.6 Å². The number of rotatable bonds is 8. The van der Waals surface area contributed by atoms with Crippen LogP contribution in [-0.4, -0.2) is 30.7 Å². The lowest BCUT2D eigenvalue weighted by atomic mass is 10.1. The van der Waals surface area contributed by atoms with E-state index in [0.29, 0.717) is 19.3 Å². The lowest BCUT2D eigenvalue weighted by Crippen LogP contribution is -2.29. The lowest BCUT2D eigenvalue weighted by Gasteiger charge is -2.16. The highest BCUT2D eigenvalue weighted by atomic mass is 32.1. The number of hydrogen-bond donors (Lipinski definition) is 2. The van der Waals surface area contributed by atoms with Crippen molar-refractivity contribution in [3.8, 4) is 0 Å². The highest BCUT2D eigenvalue weighted by molar-refractivity contribution is 7.10. The smallest absolute Gasteiger partial charge is 0.307 e. The van der Waals surface area contributed by atoms with Crippen LogP contribution in [-0.2, 0) is 14.3 Å². The molecule has 1 rings (SSSR count). The van der Waals surface area contributed by atoms with Crippen molar-refractivity contribution in [1.29, 1.82) is 0 Å². The summed E-state index contributed by atoms with van der Waals surface area (Å²) in [6, 6.07) is 3.42. The number of ether oxygens (including phenoxy) is 1. The van der Waals surface area contributed by atoms with Crippen molar-refractivity contribution in [1.82, 2.24) is 5.32 Å². The minimum atomic E-state index is -0.353. The molecule has 6 heteroatoms. The highest BCUT2D eigenvalue weighted by Gasteiger charge is 2.19. The van der Waals surface area contributed by atoms with Gasteiger partial charge in [-0.25, -0.2) is 0 Å². The third kappa shape index (κ3) is 5.85. The van der Waals surface area contributed by atoms with Gasteiger partial charge in [-0.05, 0) is 24.3 Å². The van der Waals surface area contributed by atoms with E-state index in [-0.39, 0.29) is 30.9 Å². The number of aliphatic hydroxyl groups is 1. The Hall–Kier alpha value is -1.40. The van der Waals surface area contributed by atoms with Gasteiger partial charge in [0.05, 0.1) is 19.6 Å². The first kappa shape index (κ1) is 15.7. The zero-order chi connectivity index (χ0) is 14.1. The molecule has 19 heavy (non-hydrogen) atoms. The number of carbonyl (C=O) groups excluding carboxylic acids is 2. The maximum absolute atomic E-state index is 11.8. The molecule has 0 aliphatic carbocycles. The van der Waals surface area contributed by atoms with Crippen LogP contribution in [0.1, 0.15) is 36.6 Å². The van der Waals surface area contributed by atoms with Crippen molar-refractivity contribution in [2.45, 2.75) is 31.7 Å². The average molecular weight is 285 g/mol. The fourth-order valence-corrected chi connectivity index (χ4v) is 2.40. The Morgan fingerprint density at radius 3 is 2.84 bits per heavy atom. The van der Waals surface area contributed by atoms with Gasteiger partial charge in [0.1, 0.15) is 0 Å². The number of nitrogens with one attached hydrogen (secondary N) is 1. The maximum Gasteiger partial charge on any atom is 0.307 e. The summed E-state index contributed by atoms with van der Waals surface area (Å²) in [6.45, 7) is 0.0871. The Morgan fingerprint density at radius 2 is 2.26 bits per heavy atom. The molecule has 0 fully saturated rings. The first-order valence-electron chi connectivity index (χ1n) is 6.17. The second-order valence-corrected chi connectivity index (χ2v) is 5.08. The molecule has 106 valence electrons. The zero-order valence-electron chi connectivity index (χ0n) is 10.9. The molecular weight excluding hydrogens is 266 g/mol. The molecule has 0 saturated carbocycles. The first-order valence-corrected chi connectivity index (χ1v) is 7.05. The molecule has 0 saturated heterocycles. The van der Waals surface area contributed by atoms with Gasteiger partial charge < -0.3 is 15.2 Å². The number of esters is 1. The molecule has 1 aromatic heterocycles. The average Bonchev–Trinajstić information content (AvgIpc) is 2.92. The molecule has 0 aliphatic rings. The number of aliphatic hydroxyl groups excluding tert-OH is 1. The normalized spacial score (nSPS) is 11.9. The minimum absolute atomic E-state index is 0.0871. The first-order chi connectivity index (χ1) is 9.17. The van der Waals surface area contributed by atoms with Crippen molar-refractivity contribution in [3.05, 3.63) is 22.4 Å². The van der Waals surface area contributed by atoms with E-state index in [4.69, 9.17) is 5.11 Å². The third-order valence-electron chi connectivity index (χ3n) is 2.63. The summed E-state index contributed by atoms with van der Waals surface area (Å²) >= 11 is 1.49. The molecule has 1 unspecified atom stereocenters. The Labute approximate surface area is 116 Å². The number of methoxy groups -OCH3 is 1. The van der Waals surface area contributed by atoms with Crippen LogP contribution in [0.15, 0.2) is 17.5 Å². The molecule has 1 aromatic rings. The summed E-state index contributed by atoms with van der Waals surface area (Å²) < 4.78 is 4.64. The van der Waals surface area contributed by atoms with Crippen molar-refractivity contribution < 1.29 is 19.4 Å². The third-order valence-corrected chi connectivity index (χ3v) is 3.62. The molecule has 1 atom stereocenters. The Bertz CT molecular complexity index is 391. The molecule has 5 nitrogen and oxygen atoms in total. The van der Waals surface area contributed by atoms with Gasteiger partial charge in [-0.2, -0.15) is 0 Å². The SMILES string of the molecule is COC(=O)CC(NC(=O)CCCCO)c1cccs1. The summed E-state index contributed by atoms with van der Waals surface area (Å²) in [4.78, 5) is 24.0. The van der Waals surface area contributed by atoms with Crippen molar-refractivity contribution in [3.63, 3.8) is 0 Å². The number of hydrogen-bond acceptors (Lipinski definition) is 5. The Balaban J connectivity index is 2.54. The number of thiophene rings is 1. The standard InChI is InChI=1S/C13H19NO4S/c1-18-13(17)9-10(11-5-4-8-19-11)14-12(16)6-2-3-7-15/h4-5,8,10,15H,2-3,6-7,9H2,1H3,(H,14,16). The van der Waals surface area contributed by atoms with E-state index in [1.54, 1.807) is 0 Å². The van der Waals surface area contributed by atoms with Crippen LogP contribution in [0.4, 0.5) is 0 Å². The molecule has 0 radical (unpaired) electrons. The zero-order valence-corrected chi connectivity index (χ0v) is 11.7. The van der Waals surface area contributed by atoms with Crippen molar-refractivity contribution >= 4 is 23.2 Å². The van der Waals surface area contributed by atoms with E-state index in [1.807, 2.05) is 17.5 Å². The second kappa shape index (κ2) is 8.66. The van der Waals surface area contributed by atoms with Gasteiger partial charge in [0.2, 0.25) is 5.91 Å². The molecule has 2 N–H and O–H groups in total. The van der Waals surface area contributed by atoms with Crippen molar-refractivity contribution in [2.75, 3.05) is 13.7 Å². The van der Waals surface area contributed by atoms with Gasteiger partial charge in [-0.3, -0.25) is 9.59 Å². The van der Waals surface area contributed by atoms with Gasteiger partial charge in [-0.1, -0.05) is 6.07 Å². The van der Waals surface area contributed by atoms with E-state index in [1.165, 1.54) is 18.4 Å².